The van der Waals surface area contributed by atoms with Gasteiger partial charge < -0.3 is 19.5 Å². The lowest BCUT2D eigenvalue weighted by Crippen LogP contribution is -2.29. The van der Waals surface area contributed by atoms with Crippen molar-refractivity contribution in [2.24, 2.45) is 5.92 Å². The Bertz CT molecular complexity index is 1390. The molecule has 2 N–H and O–H groups in total. The van der Waals surface area contributed by atoms with Gasteiger partial charge in [-0.05, 0) is 85.0 Å². The van der Waals surface area contributed by atoms with E-state index in [0.29, 0.717) is 29.5 Å². The van der Waals surface area contributed by atoms with Crippen LogP contribution in [0.2, 0.25) is 0 Å². The fraction of sp³-hybridized carbons (Fsp3) is 0.286. The molecular formula is C28H30N2O5S. The first-order valence-corrected chi connectivity index (χ1v) is 13.5. The van der Waals surface area contributed by atoms with Gasteiger partial charge in [0, 0.05) is 17.3 Å². The van der Waals surface area contributed by atoms with Gasteiger partial charge in [-0.1, -0.05) is 18.2 Å². The van der Waals surface area contributed by atoms with Gasteiger partial charge in [-0.15, -0.1) is 0 Å². The Labute approximate surface area is 212 Å². The molecule has 3 atom stereocenters. The molecule has 3 unspecified atom stereocenters. The summed E-state index contributed by atoms with van der Waals surface area (Å²) in [5.41, 5.74) is 3.51. The Morgan fingerprint density at radius 2 is 1.75 bits per heavy atom. The molecule has 1 heterocycles. The maximum absolute atomic E-state index is 13.2. The lowest BCUT2D eigenvalue weighted by atomic mass is 9.77. The van der Waals surface area contributed by atoms with E-state index in [1.54, 1.807) is 50.6 Å². The van der Waals surface area contributed by atoms with Crippen molar-refractivity contribution in [3.8, 4) is 17.2 Å². The van der Waals surface area contributed by atoms with Gasteiger partial charge in [0.2, 0.25) is 0 Å². The SMILES string of the molecule is CCOc1ccc(NS(=O)(=O)c2ccc3c(c2)C2C=CCC2C(c2ccc(OC)c(OC)c2)N3)cc1. The highest BCUT2D eigenvalue weighted by Crippen LogP contribution is 2.51. The predicted octanol–water partition coefficient (Wildman–Crippen LogP) is 5.73. The number of sulfonamides is 1. The maximum Gasteiger partial charge on any atom is 0.261 e. The Kier molecular flexibility index (Phi) is 6.53. The van der Waals surface area contributed by atoms with Crippen LogP contribution >= 0.6 is 0 Å². The van der Waals surface area contributed by atoms with Crippen LogP contribution in [0.25, 0.3) is 0 Å². The smallest absolute Gasteiger partial charge is 0.261 e. The van der Waals surface area contributed by atoms with E-state index in [4.69, 9.17) is 14.2 Å². The molecule has 0 amide bonds. The third kappa shape index (κ3) is 4.48. The minimum Gasteiger partial charge on any atom is -0.494 e. The monoisotopic (exact) mass is 506 g/mol. The van der Waals surface area contributed by atoms with Gasteiger partial charge in [0.25, 0.3) is 10.0 Å². The van der Waals surface area contributed by atoms with Crippen molar-refractivity contribution in [1.82, 2.24) is 0 Å². The second kappa shape index (κ2) is 9.78. The second-order valence-corrected chi connectivity index (χ2v) is 10.6. The van der Waals surface area contributed by atoms with Crippen molar-refractivity contribution in [2.45, 2.75) is 30.2 Å². The molecule has 7 nitrogen and oxygen atoms in total. The van der Waals surface area contributed by atoms with E-state index in [2.05, 4.69) is 28.3 Å². The molecule has 0 spiro atoms. The molecule has 188 valence electrons. The number of nitrogens with one attached hydrogen (secondary N) is 2. The van der Waals surface area contributed by atoms with Gasteiger partial charge in [0.05, 0.1) is 31.8 Å². The molecule has 1 aliphatic carbocycles. The van der Waals surface area contributed by atoms with Gasteiger partial charge in [0.1, 0.15) is 5.75 Å². The summed E-state index contributed by atoms with van der Waals surface area (Å²) in [6.07, 6.45) is 5.27. The van der Waals surface area contributed by atoms with Crippen LogP contribution in [0.15, 0.2) is 77.7 Å². The third-order valence-electron chi connectivity index (χ3n) is 6.83. The van der Waals surface area contributed by atoms with Crippen LogP contribution < -0.4 is 24.2 Å². The minimum absolute atomic E-state index is 0.0572. The topological polar surface area (TPSA) is 85.9 Å². The highest BCUT2D eigenvalue weighted by atomic mass is 32.2. The first-order valence-electron chi connectivity index (χ1n) is 12.0. The van der Waals surface area contributed by atoms with E-state index < -0.39 is 10.0 Å². The fourth-order valence-electron chi connectivity index (χ4n) is 5.12. The molecule has 0 bridgehead atoms. The number of benzene rings is 3. The van der Waals surface area contributed by atoms with Gasteiger partial charge >= 0.3 is 0 Å². The number of ether oxygens (including phenoxy) is 3. The van der Waals surface area contributed by atoms with E-state index in [9.17, 15) is 8.42 Å². The second-order valence-electron chi connectivity index (χ2n) is 8.90. The van der Waals surface area contributed by atoms with Crippen molar-refractivity contribution in [2.75, 3.05) is 30.9 Å². The number of anilines is 2. The lowest BCUT2D eigenvalue weighted by Gasteiger charge is -2.38. The van der Waals surface area contributed by atoms with Gasteiger partial charge in [0.15, 0.2) is 11.5 Å². The summed E-state index contributed by atoms with van der Waals surface area (Å²) in [5, 5.41) is 3.65. The number of allylic oxidation sites excluding steroid dienone is 2. The first kappa shape index (κ1) is 24.1. The van der Waals surface area contributed by atoms with Gasteiger partial charge in [-0.3, -0.25) is 4.72 Å². The quantitative estimate of drug-likeness (QED) is 0.380. The number of fused-ring (bicyclic) bond motifs is 3. The van der Waals surface area contributed by atoms with Crippen LogP contribution in [0.5, 0.6) is 17.2 Å². The standard InChI is InChI=1S/C28H30N2O5S/c1-4-35-20-11-9-19(10-12-20)30-36(31,32)21-13-14-25-24(17-21)22-6-5-7-23(22)28(29-25)18-8-15-26(33-2)27(16-18)34-3/h5-6,8-17,22-23,28-30H,4,7H2,1-3H3. The molecule has 0 saturated carbocycles. The molecule has 1 aliphatic heterocycles. The summed E-state index contributed by atoms with van der Waals surface area (Å²) < 4.78 is 45.4. The van der Waals surface area contributed by atoms with E-state index in [1.807, 2.05) is 25.1 Å². The van der Waals surface area contributed by atoms with Crippen LogP contribution in [0.3, 0.4) is 0 Å². The van der Waals surface area contributed by atoms with Crippen molar-refractivity contribution in [1.29, 1.82) is 0 Å². The van der Waals surface area contributed by atoms with Gasteiger partial charge in [-0.2, -0.15) is 0 Å². The Morgan fingerprint density at radius 3 is 2.47 bits per heavy atom. The Balaban J connectivity index is 1.43. The molecule has 36 heavy (non-hydrogen) atoms. The van der Waals surface area contributed by atoms with Gasteiger partial charge in [-0.25, -0.2) is 8.42 Å². The number of methoxy groups -OCH3 is 2. The molecule has 5 rings (SSSR count). The number of rotatable bonds is 8. The lowest BCUT2D eigenvalue weighted by molar-refractivity contribution is 0.340. The average Bonchev–Trinajstić information content (AvgIpc) is 3.39. The highest BCUT2D eigenvalue weighted by molar-refractivity contribution is 7.92. The molecule has 3 aromatic rings. The van der Waals surface area contributed by atoms with Crippen molar-refractivity contribution in [3.63, 3.8) is 0 Å². The zero-order valence-corrected chi connectivity index (χ0v) is 21.3. The molecular weight excluding hydrogens is 476 g/mol. The Hall–Kier alpha value is -3.65. The first-order chi connectivity index (χ1) is 17.4. The maximum atomic E-state index is 13.2. The van der Waals surface area contributed by atoms with E-state index >= 15 is 0 Å². The summed E-state index contributed by atoms with van der Waals surface area (Å²) in [6, 6.07) is 18.2. The van der Waals surface area contributed by atoms with Crippen molar-refractivity contribution >= 4 is 21.4 Å². The number of hydrogen-bond donors (Lipinski definition) is 2. The zero-order valence-electron chi connectivity index (χ0n) is 20.5. The molecule has 0 radical (unpaired) electrons. The van der Waals surface area contributed by atoms with E-state index in [0.717, 1.165) is 23.2 Å². The molecule has 0 fully saturated rings. The number of hydrogen-bond acceptors (Lipinski definition) is 6. The van der Waals surface area contributed by atoms with Crippen LogP contribution in [-0.4, -0.2) is 29.2 Å². The van der Waals surface area contributed by atoms with E-state index in [1.165, 1.54) is 0 Å². The minimum atomic E-state index is -3.76. The molecule has 3 aromatic carbocycles. The third-order valence-corrected chi connectivity index (χ3v) is 8.21. The summed E-state index contributed by atoms with van der Waals surface area (Å²) in [6.45, 7) is 2.46. The average molecular weight is 507 g/mol. The molecule has 0 aromatic heterocycles. The van der Waals surface area contributed by atoms with Crippen LogP contribution in [0, 0.1) is 5.92 Å². The largest absolute Gasteiger partial charge is 0.494 e. The van der Waals surface area contributed by atoms with Crippen LogP contribution in [0.4, 0.5) is 11.4 Å². The zero-order chi connectivity index (χ0) is 25.3. The van der Waals surface area contributed by atoms with Crippen LogP contribution in [-0.2, 0) is 10.0 Å². The normalized spacial score (nSPS) is 20.1. The molecule has 0 saturated heterocycles. The Morgan fingerprint density at radius 1 is 0.972 bits per heavy atom. The van der Waals surface area contributed by atoms with Crippen molar-refractivity contribution in [3.05, 3.63) is 83.9 Å². The van der Waals surface area contributed by atoms with Crippen molar-refractivity contribution < 1.29 is 22.6 Å². The summed E-state index contributed by atoms with van der Waals surface area (Å²) in [7, 11) is -0.498. The highest BCUT2D eigenvalue weighted by Gasteiger charge is 2.38. The van der Waals surface area contributed by atoms with Crippen LogP contribution in [0.1, 0.15) is 36.4 Å². The molecule has 2 aliphatic rings. The predicted molar refractivity (Wildman–Crippen MR) is 141 cm³/mol. The summed E-state index contributed by atoms with van der Waals surface area (Å²) in [4.78, 5) is 0.237. The molecule has 8 heteroatoms. The van der Waals surface area contributed by atoms with E-state index in [-0.39, 0.29) is 22.8 Å². The summed E-state index contributed by atoms with van der Waals surface area (Å²) >= 11 is 0. The summed E-state index contributed by atoms with van der Waals surface area (Å²) in [5.74, 6) is 2.44. The fourth-order valence-corrected chi connectivity index (χ4v) is 6.21.